The molecule has 0 saturated carbocycles. The first-order chi connectivity index (χ1) is 13.6. The molecule has 1 aromatic rings. The van der Waals surface area contributed by atoms with Crippen molar-refractivity contribution in [3.05, 3.63) is 35.9 Å². The maximum absolute atomic E-state index is 12.9. The summed E-state index contributed by atoms with van der Waals surface area (Å²) in [5.74, 6) is 0.537. The molecule has 2 atom stereocenters. The molecule has 28 heavy (non-hydrogen) atoms. The Kier molecular flexibility index (Phi) is 7.09. The number of carbonyl (C=O) groups is 2. The van der Waals surface area contributed by atoms with E-state index in [1.165, 1.54) is 18.9 Å². The van der Waals surface area contributed by atoms with E-state index in [0.717, 1.165) is 50.3 Å². The van der Waals surface area contributed by atoms with Crippen LogP contribution in [0.4, 0.5) is 0 Å². The number of carbonyl (C=O) groups excluding carboxylic acids is 2. The van der Waals surface area contributed by atoms with Crippen molar-refractivity contribution >= 4 is 17.9 Å². The van der Waals surface area contributed by atoms with Crippen LogP contribution in [0.5, 0.6) is 5.75 Å². The molecule has 6 nitrogen and oxygen atoms in total. The Morgan fingerprint density at radius 1 is 1.18 bits per heavy atom. The summed E-state index contributed by atoms with van der Waals surface area (Å²) in [6.45, 7) is 5.80. The highest BCUT2D eigenvalue weighted by Gasteiger charge is 2.33. The van der Waals surface area contributed by atoms with Crippen LogP contribution in [0.25, 0.3) is 6.08 Å². The highest BCUT2D eigenvalue weighted by Crippen LogP contribution is 2.21. The van der Waals surface area contributed by atoms with Gasteiger partial charge in [0.25, 0.3) is 0 Å². The summed E-state index contributed by atoms with van der Waals surface area (Å²) in [7, 11) is 1.62. The molecule has 2 aliphatic rings. The molecule has 2 unspecified atom stereocenters. The molecule has 2 saturated heterocycles. The van der Waals surface area contributed by atoms with Crippen LogP contribution in [0, 0.1) is 0 Å². The van der Waals surface area contributed by atoms with Crippen LogP contribution < -0.4 is 10.1 Å². The molecule has 2 aliphatic heterocycles. The van der Waals surface area contributed by atoms with Crippen molar-refractivity contribution < 1.29 is 14.3 Å². The Bertz CT molecular complexity index is 695. The average Bonchev–Trinajstić information content (AvgIpc) is 3.38. The zero-order chi connectivity index (χ0) is 19.9. The van der Waals surface area contributed by atoms with Crippen LogP contribution in [-0.2, 0) is 9.59 Å². The van der Waals surface area contributed by atoms with Gasteiger partial charge in [0, 0.05) is 25.2 Å². The van der Waals surface area contributed by atoms with E-state index >= 15 is 0 Å². The summed E-state index contributed by atoms with van der Waals surface area (Å²) in [5, 5.41) is 2.81. The second-order valence-corrected chi connectivity index (χ2v) is 7.67. The van der Waals surface area contributed by atoms with E-state index in [0.29, 0.717) is 0 Å². The molecule has 0 aliphatic carbocycles. The van der Waals surface area contributed by atoms with E-state index < -0.39 is 6.04 Å². The average molecular weight is 386 g/mol. The van der Waals surface area contributed by atoms with Gasteiger partial charge in [0.2, 0.25) is 11.8 Å². The van der Waals surface area contributed by atoms with Gasteiger partial charge in [-0.05, 0) is 69.5 Å². The van der Waals surface area contributed by atoms with Gasteiger partial charge < -0.3 is 19.9 Å². The molecule has 2 heterocycles. The Hall–Kier alpha value is -2.34. The van der Waals surface area contributed by atoms with Crippen molar-refractivity contribution in [2.45, 2.75) is 44.7 Å². The fourth-order valence-corrected chi connectivity index (χ4v) is 4.04. The first-order valence-corrected chi connectivity index (χ1v) is 10.2. The molecule has 1 aromatic carbocycles. The van der Waals surface area contributed by atoms with E-state index in [1.54, 1.807) is 20.1 Å². The summed E-state index contributed by atoms with van der Waals surface area (Å²) in [5.41, 5.74) is 0.903. The smallest absolute Gasteiger partial charge is 0.245 e. The number of nitrogens with zero attached hydrogens (tertiary/aromatic N) is 2. The van der Waals surface area contributed by atoms with Gasteiger partial charge in [0.1, 0.15) is 11.8 Å². The lowest BCUT2D eigenvalue weighted by atomic mass is 10.2. The van der Waals surface area contributed by atoms with Crippen molar-refractivity contribution in [1.29, 1.82) is 0 Å². The van der Waals surface area contributed by atoms with Crippen LogP contribution in [0.15, 0.2) is 30.3 Å². The molecule has 2 fully saturated rings. The van der Waals surface area contributed by atoms with E-state index in [9.17, 15) is 9.59 Å². The predicted molar refractivity (Wildman–Crippen MR) is 110 cm³/mol. The number of hydrogen-bond donors (Lipinski definition) is 1. The highest BCUT2D eigenvalue weighted by molar-refractivity contribution is 5.95. The number of nitrogens with one attached hydrogen (secondary N) is 1. The number of benzene rings is 1. The van der Waals surface area contributed by atoms with Crippen molar-refractivity contribution in [3.63, 3.8) is 0 Å². The number of likely N-dealkylation sites (tertiary alicyclic amines) is 2. The molecule has 2 amide bonds. The normalized spacial score (nSPS) is 21.2. The predicted octanol–water partition coefficient (Wildman–Crippen LogP) is 2.30. The van der Waals surface area contributed by atoms with Crippen LogP contribution in [0.2, 0.25) is 0 Å². The van der Waals surface area contributed by atoms with Gasteiger partial charge in [-0.25, -0.2) is 0 Å². The molecule has 0 spiro atoms. The fraction of sp³-hybridized carbons (Fsp3) is 0.545. The molecule has 0 bridgehead atoms. The summed E-state index contributed by atoms with van der Waals surface area (Å²) < 4.78 is 5.12. The number of hydrogen-bond acceptors (Lipinski definition) is 4. The molecule has 1 N–H and O–H groups in total. The lowest BCUT2D eigenvalue weighted by Gasteiger charge is -2.30. The third-order valence-electron chi connectivity index (χ3n) is 5.60. The molecule has 152 valence electrons. The van der Waals surface area contributed by atoms with E-state index in [1.807, 2.05) is 29.2 Å². The van der Waals surface area contributed by atoms with Gasteiger partial charge in [0.15, 0.2) is 0 Å². The SMILES string of the molecule is COc1ccc(/C=C/C(=O)NC(C)C(=O)N2CCCC2CN2CCCC2)cc1. The van der Waals surface area contributed by atoms with Gasteiger partial charge >= 0.3 is 0 Å². The Labute approximate surface area is 167 Å². The number of methoxy groups -OCH3 is 1. The van der Waals surface area contributed by atoms with E-state index in [-0.39, 0.29) is 17.9 Å². The second-order valence-electron chi connectivity index (χ2n) is 7.67. The van der Waals surface area contributed by atoms with Gasteiger partial charge in [-0.15, -0.1) is 0 Å². The summed E-state index contributed by atoms with van der Waals surface area (Å²) in [4.78, 5) is 29.5. The van der Waals surface area contributed by atoms with Crippen LogP contribution in [-0.4, -0.2) is 67.0 Å². The fourth-order valence-electron chi connectivity index (χ4n) is 4.04. The zero-order valence-corrected chi connectivity index (χ0v) is 16.9. The van der Waals surface area contributed by atoms with Gasteiger partial charge in [-0.1, -0.05) is 12.1 Å². The molecule has 6 heteroatoms. The molecule has 0 radical (unpaired) electrons. The summed E-state index contributed by atoms with van der Waals surface area (Å²) >= 11 is 0. The minimum Gasteiger partial charge on any atom is -0.497 e. The van der Waals surface area contributed by atoms with Crippen molar-refractivity contribution in [1.82, 2.24) is 15.1 Å². The number of amides is 2. The quantitative estimate of drug-likeness (QED) is 0.732. The molecular formula is C22H31N3O3. The topological polar surface area (TPSA) is 61.9 Å². The highest BCUT2D eigenvalue weighted by atomic mass is 16.5. The van der Waals surface area contributed by atoms with Crippen molar-refractivity contribution in [2.75, 3.05) is 33.3 Å². The second kappa shape index (κ2) is 9.73. The lowest BCUT2D eigenvalue weighted by molar-refractivity contribution is -0.136. The van der Waals surface area contributed by atoms with Gasteiger partial charge in [0.05, 0.1) is 7.11 Å². The Morgan fingerprint density at radius 2 is 1.89 bits per heavy atom. The summed E-state index contributed by atoms with van der Waals surface area (Å²) in [6.07, 6.45) is 7.82. The van der Waals surface area contributed by atoms with E-state index in [2.05, 4.69) is 10.2 Å². The van der Waals surface area contributed by atoms with Crippen LogP contribution in [0.3, 0.4) is 0 Å². The number of ether oxygens (including phenoxy) is 1. The third kappa shape index (κ3) is 5.35. The largest absolute Gasteiger partial charge is 0.497 e. The monoisotopic (exact) mass is 385 g/mol. The first-order valence-electron chi connectivity index (χ1n) is 10.2. The minimum atomic E-state index is -0.521. The minimum absolute atomic E-state index is 0.0212. The first kappa shape index (κ1) is 20.4. The molecule has 3 rings (SSSR count). The lowest BCUT2D eigenvalue weighted by Crippen LogP contribution is -2.50. The maximum atomic E-state index is 12.9. The van der Waals surface area contributed by atoms with Crippen LogP contribution >= 0.6 is 0 Å². The maximum Gasteiger partial charge on any atom is 0.245 e. The molecule has 0 aromatic heterocycles. The number of rotatable bonds is 7. The third-order valence-corrected chi connectivity index (χ3v) is 5.60. The zero-order valence-electron chi connectivity index (χ0n) is 16.9. The van der Waals surface area contributed by atoms with Crippen LogP contribution in [0.1, 0.15) is 38.2 Å². The van der Waals surface area contributed by atoms with Crippen molar-refractivity contribution in [2.24, 2.45) is 0 Å². The standard InChI is InChI=1S/C22H31N3O3/c1-17(23-21(26)12-9-18-7-10-20(28-2)11-8-18)22(27)25-15-5-6-19(25)16-24-13-3-4-14-24/h7-12,17,19H,3-6,13-16H2,1-2H3,(H,23,26)/b12-9+. The Morgan fingerprint density at radius 3 is 2.57 bits per heavy atom. The van der Waals surface area contributed by atoms with Gasteiger partial charge in [-0.2, -0.15) is 0 Å². The van der Waals surface area contributed by atoms with E-state index in [4.69, 9.17) is 4.74 Å². The summed E-state index contributed by atoms with van der Waals surface area (Å²) in [6, 6.07) is 7.20. The Balaban J connectivity index is 1.50. The molecular weight excluding hydrogens is 354 g/mol. The van der Waals surface area contributed by atoms with Crippen molar-refractivity contribution in [3.8, 4) is 5.75 Å². The van der Waals surface area contributed by atoms with Gasteiger partial charge in [-0.3, -0.25) is 9.59 Å².